The van der Waals surface area contributed by atoms with Crippen molar-refractivity contribution in [1.29, 1.82) is 0 Å². The van der Waals surface area contributed by atoms with Crippen molar-refractivity contribution >= 4 is 17.7 Å². The van der Waals surface area contributed by atoms with Crippen molar-refractivity contribution in [2.45, 2.75) is 33.4 Å². The Morgan fingerprint density at radius 1 is 1.09 bits per heavy atom. The molecule has 174 valence electrons. The van der Waals surface area contributed by atoms with Crippen molar-refractivity contribution in [2.75, 3.05) is 19.5 Å². The number of carbonyl (C=O) groups is 1. The Kier molecular flexibility index (Phi) is 7.77. The zero-order valence-electron chi connectivity index (χ0n) is 19.5. The van der Waals surface area contributed by atoms with Crippen molar-refractivity contribution in [2.24, 2.45) is 0 Å². The van der Waals surface area contributed by atoms with Gasteiger partial charge in [-0.2, -0.15) is 0 Å². The molecule has 0 aliphatic heterocycles. The van der Waals surface area contributed by atoms with Crippen molar-refractivity contribution in [3.63, 3.8) is 0 Å². The zero-order valence-corrected chi connectivity index (χ0v) is 19.5. The van der Waals surface area contributed by atoms with Crippen LogP contribution >= 0.6 is 0 Å². The number of methoxy groups -OCH3 is 2. The smallest absolute Gasteiger partial charge is 0.247 e. The number of nitrogens with one attached hydrogen (secondary N) is 2. The van der Waals surface area contributed by atoms with Crippen molar-refractivity contribution in [3.05, 3.63) is 71.4 Å². The molecule has 0 aliphatic carbocycles. The van der Waals surface area contributed by atoms with Crippen LogP contribution in [0, 0.1) is 5.82 Å². The summed E-state index contributed by atoms with van der Waals surface area (Å²) < 4.78 is 31.4. The molecule has 0 aliphatic rings. The Bertz CT molecular complexity index is 1140. The summed E-state index contributed by atoms with van der Waals surface area (Å²) in [6.07, 6.45) is 3.32. The fourth-order valence-electron chi connectivity index (χ4n) is 3.37. The van der Waals surface area contributed by atoms with Crippen molar-refractivity contribution in [3.8, 4) is 22.6 Å². The van der Waals surface area contributed by atoms with E-state index in [2.05, 4.69) is 10.6 Å². The van der Waals surface area contributed by atoms with Gasteiger partial charge in [-0.3, -0.25) is 4.79 Å². The lowest BCUT2D eigenvalue weighted by Crippen LogP contribution is -2.30. The van der Waals surface area contributed by atoms with E-state index in [4.69, 9.17) is 13.9 Å². The normalized spacial score (nSPS) is 11.4. The Morgan fingerprint density at radius 3 is 2.45 bits per heavy atom. The molecule has 0 unspecified atom stereocenters. The topological polar surface area (TPSA) is 72.7 Å². The summed E-state index contributed by atoms with van der Waals surface area (Å²) in [4.78, 5) is 12.3. The molecule has 7 heteroatoms. The van der Waals surface area contributed by atoms with Gasteiger partial charge in [0, 0.05) is 34.0 Å². The summed E-state index contributed by atoms with van der Waals surface area (Å²) in [5.74, 6) is 1.15. The summed E-state index contributed by atoms with van der Waals surface area (Å²) in [6, 6.07) is 12.0. The van der Waals surface area contributed by atoms with Gasteiger partial charge in [-0.1, -0.05) is 0 Å². The van der Waals surface area contributed by atoms with E-state index in [1.807, 2.05) is 19.9 Å². The van der Waals surface area contributed by atoms with Crippen LogP contribution in [0.3, 0.4) is 0 Å². The highest BCUT2D eigenvalue weighted by Crippen LogP contribution is 2.38. The molecule has 0 fully saturated rings. The number of ether oxygens (including phenoxy) is 2. The molecule has 6 nitrogen and oxygen atoms in total. The SMILES string of the molecule is COc1cc(-c2ccc(NCc3ccco3)cc2F)c(OC)cc1/C=C(\C)C(=O)NC(C)C. The minimum Gasteiger partial charge on any atom is -0.496 e. The van der Waals surface area contributed by atoms with E-state index in [1.54, 1.807) is 49.6 Å². The minimum atomic E-state index is -0.407. The van der Waals surface area contributed by atoms with Gasteiger partial charge < -0.3 is 24.5 Å². The summed E-state index contributed by atoms with van der Waals surface area (Å²) in [7, 11) is 3.05. The summed E-state index contributed by atoms with van der Waals surface area (Å²) in [5, 5.41) is 5.99. The zero-order chi connectivity index (χ0) is 24.0. The van der Waals surface area contributed by atoms with Crippen LogP contribution in [0.15, 0.2) is 58.7 Å². The van der Waals surface area contributed by atoms with Gasteiger partial charge in [-0.15, -0.1) is 0 Å². The number of rotatable bonds is 9. The van der Waals surface area contributed by atoms with Gasteiger partial charge in [-0.05, 0) is 69.3 Å². The van der Waals surface area contributed by atoms with Gasteiger partial charge in [0.1, 0.15) is 23.1 Å². The van der Waals surface area contributed by atoms with E-state index in [-0.39, 0.29) is 11.9 Å². The average Bonchev–Trinajstić information content (AvgIpc) is 3.31. The van der Waals surface area contributed by atoms with E-state index in [9.17, 15) is 4.79 Å². The predicted octanol–water partition coefficient (Wildman–Crippen LogP) is 5.64. The molecule has 1 heterocycles. The number of benzene rings is 2. The Labute approximate surface area is 193 Å². The van der Waals surface area contributed by atoms with Crippen molar-refractivity contribution < 1.29 is 23.1 Å². The number of hydrogen-bond acceptors (Lipinski definition) is 5. The standard InChI is InChI=1S/C26H29FN2O4/c1-16(2)29-26(30)17(3)11-18-12-25(32-5)22(14-24(18)31-4)21-9-8-19(13-23(21)27)28-15-20-7-6-10-33-20/h6-14,16,28H,15H2,1-5H3,(H,29,30)/b17-11+. The quantitative estimate of drug-likeness (QED) is 0.411. The number of anilines is 1. The van der Waals surface area contributed by atoms with E-state index in [0.717, 1.165) is 5.76 Å². The number of hydrogen-bond donors (Lipinski definition) is 2. The second kappa shape index (κ2) is 10.7. The maximum atomic E-state index is 15.1. The Morgan fingerprint density at radius 2 is 1.85 bits per heavy atom. The van der Waals surface area contributed by atoms with Gasteiger partial charge in [-0.25, -0.2) is 4.39 Å². The first-order chi connectivity index (χ1) is 15.8. The fraction of sp³-hybridized carbons (Fsp3) is 0.269. The molecule has 0 radical (unpaired) electrons. The van der Waals surface area contributed by atoms with Gasteiger partial charge in [0.25, 0.3) is 0 Å². The first-order valence-corrected chi connectivity index (χ1v) is 10.6. The highest BCUT2D eigenvalue weighted by atomic mass is 19.1. The molecule has 1 amide bonds. The van der Waals surface area contributed by atoms with E-state index >= 15 is 4.39 Å². The molecule has 0 spiro atoms. The van der Waals surface area contributed by atoms with Gasteiger partial charge in [0.15, 0.2) is 0 Å². The molecular formula is C26H29FN2O4. The lowest BCUT2D eigenvalue weighted by atomic mass is 9.99. The summed E-state index contributed by atoms with van der Waals surface area (Å²) in [6.45, 7) is 5.98. The molecule has 0 saturated carbocycles. The number of amides is 1. The molecule has 33 heavy (non-hydrogen) atoms. The molecular weight excluding hydrogens is 423 g/mol. The van der Waals surface area contributed by atoms with Gasteiger partial charge in [0.2, 0.25) is 5.91 Å². The van der Waals surface area contributed by atoms with Crippen LogP contribution in [0.4, 0.5) is 10.1 Å². The third-order valence-electron chi connectivity index (χ3n) is 5.01. The van der Waals surface area contributed by atoms with Crippen LogP contribution in [0.2, 0.25) is 0 Å². The molecule has 0 bridgehead atoms. The minimum absolute atomic E-state index is 0.0270. The lowest BCUT2D eigenvalue weighted by molar-refractivity contribution is -0.117. The first kappa shape index (κ1) is 23.9. The van der Waals surface area contributed by atoms with E-state index in [1.165, 1.54) is 20.3 Å². The van der Waals surface area contributed by atoms with Crippen LogP contribution in [-0.2, 0) is 11.3 Å². The van der Waals surface area contributed by atoms with Crippen LogP contribution in [0.25, 0.3) is 17.2 Å². The van der Waals surface area contributed by atoms with Crippen molar-refractivity contribution in [1.82, 2.24) is 5.32 Å². The molecule has 3 rings (SSSR count). The highest BCUT2D eigenvalue weighted by Gasteiger charge is 2.17. The van der Waals surface area contributed by atoms with E-state index < -0.39 is 5.82 Å². The second-order valence-electron chi connectivity index (χ2n) is 7.88. The van der Waals surface area contributed by atoms with Crippen LogP contribution in [0.5, 0.6) is 11.5 Å². The molecule has 0 saturated heterocycles. The first-order valence-electron chi connectivity index (χ1n) is 10.6. The monoisotopic (exact) mass is 452 g/mol. The maximum Gasteiger partial charge on any atom is 0.247 e. The van der Waals surface area contributed by atoms with Crippen LogP contribution in [0.1, 0.15) is 32.1 Å². The second-order valence-corrected chi connectivity index (χ2v) is 7.88. The highest BCUT2D eigenvalue weighted by molar-refractivity contribution is 5.98. The number of carbonyl (C=O) groups excluding carboxylic acids is 1. The van der Waals surface area contributed by atoms with Crippen LogP contribution < -0.4 is 20.1 Å². The Balaban J connectivity index is 1.92. The Hall–Kier alpha value is -3.74. The average molecular weight is 453 g/mol. The lowest BCUT2D eigenvalue weighted by Gasteiger charge is -2.16. The molecule has 3 aromatic rings. The number of halogens is 1. The molecule has 0 atom stereocenters. The summed E-state index contributed by atoms with van der Waals surface area (Å²) in [5.41, 5.74) is 2.73. The summed E-state index contributed by atoms with van der Waals surface area (Å²) >= 11 is 0. The largest absolute Gasteiger partial charge is 0.496 e. The van der Waals surface area contributed by atoms with E-state index in [0.29, 0.717) is 46.0 Å². The third-order valence-corrected chi connectivity index (χ3v) is 5.01. The van der Waals surface area contributed by atoms with Gasteiger partial charge in [0.05, 0.1) is 27.0 Å². The van der Waals surface area contributed by atoms with Gasteiger partial charge >= 0.3 is 0 Å². The predicted molar refractivity (Wildman–Crippen MR) is 128 cm³/mol. The fourth-order valence-corrected chi connectivity index (χ4v) is 3.37. The number of furan rings is 1. The molecule has 2 aromatic carbocycles. The maximum absolute atomic E-state index is 15.1. The third kappa shape index (κ3) is 5.94. The molecule has 1 aromatic heterocycles. The van der Waals surface area contributed by atoms with Crippen LogP contribution in [-0.4, -0.2) is 26.2 Å². The molecule has 2 N–H and O–H groups in total.